The quantitative estimate of drug-likeness (QED) is 0.354. The van der Waals surface area contributed by atoms with Crippen molar-refractivity contribution in [2.45, 2.75) is 37.4 Å². The van der Waals surface area contributed by atoms with Gasteiger partial charge in [0.1, 0.15) is 5.54 Å². The van der Waals surface area contributed by atoms with E-state index in [1.807, 2.05) is 0 Å². The molecule has 2 aromatic rings. The fourth-order valence-corrected chi connectivity index (χ4v) is 4.67. The lowest BCUT2D eigenvalue weighted by atomic mass is 9.75. The van der Waals surface area contributed by atoms with Gasteiger partial charge in [0.05, 0.1) is 25.7 Å². The molecule has 6 nitrogen and oxygen atoms in total. The summed E-state index contributed by atoms with van der Waals surface area (Å²) < 4.78 is 45.2. The molecule has 1 spiro atoms. The smallest absolute Gasteiger partial charge is 0.407 e. The number of hydrogen-bond acceptors (Lipinski definition) is 4. The third kappa shape index (κ3) is 3.72. The molecule has 1 saturated heterocycles. The standard InChI is InChI=1S/C23H18F3N3O3S/c1-27-18-9-8-16(13-17(18)23(24,25)26)28-20(31)22(10-3-11-22)29(21(28)33)15-6-4-14(5-7-15)12-19(30)32-2/h4-9,13H,3,10-12H2,2H3. The monoisotopic (exact) mass is 473 g/mol. The molecule has 2 aliphatic rings. The normalized spacial score (nSPS) is 17.2. The summed E-state index contributed by atoms with van der Waals surface area (Å²) in [5.74, 6) is -0.777. The molecule has 170 valence electrons. The SMILES string of the molecule is [C-]#[N+]c1ccc(N2C(=O)C3(CCC3)N(c3ccc(CC(=O)OC)cc3)C2=S)cc1C(F)(F)F. The number of ether oxygens (including phenoxy) is 1. The Morgan fingerprint density at radius 3 is 2.33 bits per heavy atom. The van der Waals surface area contributed by atoms with Crippen molar-refractivity contribution < 1.29 is 27.5 Å². The van der Waals surface area contributed by atoms with Crippen LogP contribution in [0.5, 0.6) is 0 Å². The van der Waals surface area contributed by atoms with E-state index in [4.69, 9.17) is 18.8 Å². The number of nitrogens with zero attached hydrogens (tertiary/aromatic N) is 3. The van der Waals surface area contributed by atoms with E-state index in [9.17, 15) is 22.8 Å². The Labute approximate surface area is 193 Å². The minimum absolute atomic E-state index is 0.0270. The van der Waals surface area contributed by atoms with E-state index in [2.05, 4.69) is 9.58 Å². The lowest BCUT2D eigenvalue weighted by Gasteiger charge is -2.43. The molecule has 2 aromatic carbocycles. The average Bonchev–Trinajstić information content (AvgIpc) is 3.00. The van der Waals surface area contributed by atoms with Gasteiger partial charge in [0, 0.05) is 11.4 Å². The molecule has 0 unspecified atom stereocenters. The number of rotatable bonds is 4. The summed E-state index contributed by atoms with van der Waals surface area (Å²) >= 11 is 5.59. The molecule has 1 heterocycles. The first-order valence-corrected chi connectivity index (χ1v) is 10.5. The third-order valence-electron chi connectivity index (χ3n) is 6.03. The van der Waals surface area contributed by atoms with Crippen molar-refractivity contribution in [2.24, 2.45) is 0 Å². The van der Waals surface area contributed by atoms with Gasteiger partial charge in [0.2, 0.25) is 0 Å². The Morgan fingerprint density at radius 1 is 1.18 bits per heavy atom. The lowest BCUT2D eigenvalue weighted by molar-refractivity contribution is -0.140. The molecule has 0 aromatic heterocycles. The van der Waals surface area contributed by atoms with Gasteiger partial charge >= 0.3 is 12.1 Å². The summed E-state index contributed by atoms with van der Waals surface area (Å²) in [5, 5.41) is 0.0732. The number of carbonyl (C=O) groups is 2. The number of esters is 1. The van der Waals surface area contributed by atoms with Crippen molar-refractivity contribution in [2.75, 3.05) is 16.9 Å². The number of thiocarbonyl (C=S) groups is 1. The van der Waals surface area contributed by atoms with Crippen molar-refractivity contribution in [3.63, 3.8) is 0 Å². The summed E-state index contributed by atoms with van der Waals surface area (Å²) in [5.41, 5.74) is -1.32. The van der Waals surface area contributed by atoms with Crippen LogP contribution < -0.4 is 9.80 Å². The fourth-order valence-electron chi connectivity index (χ4n) is 4.20. The maximum absolute atomic E-state index is 13.5. The van der Waals surface area contributed by atoms with E-state index < -0.39 is 23.0 Å². The van der Waals surface area contributed by atoms with Gasteiger partial charge in [-0.3, -0.25) is 14.5 Å². The molecule has 10 heteroatoms. The van der Waals surface area contributed by atoms with Gasteiger partial charge in [-0.15, -0.1) is 0 Å². The van der Waals surface area contributed by atoms with E-state index in [0.29, 0.717) is 24.1 Å². The Hall–Kier alpha value is -3.45. The molecule has 2 fully saturated rings. The van der Waals surface area contributed by atoms with Crippen molar-refractivity contribution in [1.29, 1.82) is 0 Å². The van der Waals surface area contributed by atoms with Crippen LogP contribution in [-0.2, 0) is 26.9 Å². The van der Waals surface area contributed by atoms with Gasteiger partial charge in [-0.2, -0.15) is 13.2 Å². The maximum atomic E-state index is 13.5. The molecule has 1 aliphatic carbocycles. The van der Waals surface area contributed by atoms with Crippen LogP contribution in [0.4, 0.5) is 30.2 Å². The van der Waals surface area contributed by atoms with E-state index in [1.54, 1.807) is 29.2 Å². The van der Waals surface area contributed by atoms with Gasteiger partial charge in [0.25, 0.3) is 5.91 Å². The Balaban J connectivity index is 1.73. The van der Waals surface area contributed by atoms with Gasteiger partial charge in [0.15, 0.2) is 10.8 Å². The van der Waals surface area contributed by atoms with E-state index in [0.717, 1.165) is 23.5 Å². The highest BCUT2D eigenvalue weighted by Gasteiger charge is 2.59. The zero-order valence-electron chi connectivity index (χ0n) is 17.5. The molecule has 4 rings (SSSR count). The number of carbonyl (C=O) groups excluding carboxylic acids is 2. The number of hydrogen-bond donors (Lipinski definition) is 0. The predicted molar refractivity (Wildman–Crippen MR) is 119 cm³/mol. The zero-order valence-corrected chi connectivity index (χ0v) is 18.3. The highest BCUT2D eigenvalue weighted by molar-refractivity contribution is 7.81. The molecule has 33 heavy (non-hydrogen) atoms. The molecular weight excluding hydrogens is 455 g/mol. The minimum Gasteiger partial charge on any atom is -0.469 e. The first kappa shape index (κ1) is 22.7. The second-order valence-electron chi connectivity index (χ2n) is 7.87. The van der Waals surface area contributed by atoms with Gasteiger partial charge in [-0.1, -0.05) is 18.2 Å². The summed E-state index contributed by atoms with van der Waals surface area (Å²) in [7, 11) is 1.30. The summed E-state index contributed by atoms with van der Waals surface area (Å²) in [4.78, 5) is 30.7. The summed E-state index contributed by atoms with van der Waals surface area (Å²) in [6, 6.07) is 10.1. The topological polar surface area (TPSA) is 54.2 Å². The van der Waals surface area contributed by atoms with Crippen LogP contribution in [0, 0.1) is 6.57 Å². The minimum atomic E-state index is -4.75. The number of anilines is 2. The van der Waals surface area contributed by atoms with Crippen LogP contribution in [0.1, 0.15) is 30.4 Å². The van der Waals surface area contributed by atoms with E-state index in [1.165, 1.54) is 13.2 Å². The van der Waals surface area contributed by atoms with Crippen LogP contribution in [0.25, 0.3) is 4.85 Å². The number of alkyl halides is 3. The Kier molecular flexibility index (Phi) is 5.62. The third-order valence-corrected chi connectivity index (χ3v) is 6.39. The predicted octanol–water partition coefficient (Wildman–Crippen LogP) is 5.03. The Bertz CT molecular complexity index is 1180. The summed E-state index contributed by atoms with van der Waals surface area (Å²) in [6.45, 7) is 7.02. The highest BCUT2D eigenvalue weighted by Crippen LogP contribution is 2.48. The van der Waals surface area contributed by atoms with E-state index >= 15 is 0 Å². The van der Waals surface area contributed by atoms with Crippen LogP contribution in [-0.4, -0.2) is 29.6 Å². The molecule has 0 radical (unpaired) electrons. The fraction of sp³-hybridized carbons (Fsp3) is 0.304. The molecule has 0 atom stereocenters. The number of amides is 1. The van der Waals surface area contributed by atoms with Gasteiger partial charge < -0.3 is 9.64 Å². The van der Waals surface area contributed by atoms with Crippen LogP contribution in [0.3, 0.4) is 0 Å². The molecule has 0 N–H and O–H groups in total. The van der Waals surface area contributed by atoms with Crippen molar-refractivity contribution in [3.8, 4) is 0 Å². The number of methoxy groups -OCH3 is 1. The Morgan fingerprint density at radius 2 is 1.82 bits per heavy atom. The first-order chi connectivity index (χ1) is 15.6. The average molecular weight is 473 g/mol. The van der Waals surface area contributed by atoms with Crippen molar-refractivity contribution in [1.82, 2.24) is 0 Å². The largest absolute Gasteiger partial charge is 0.469 e. The number of halogens is 3. The second kappa shape index (κ2) is 8.15. The van der Waals surface area contributed by atoms with Gasteiger partial charge in [-0.05, 0) is 61.3 Å². The molecular formula is C23H18F3N3O3S. The molecule has 1 aliphatic heterocycles. The maximum Gasteiger partial charge on any atom is 0.407 e. The van der Waals surface area contributed by atoms with Crippen molar-refractivity contribution >= 4 is 46.3 Å². The van der Waals surface area contributed by atoms with Gasteiger partial charge in [-0.25, -0.2) is 4.85 Å². The van der Waals surface area contributed by atoms with Crippen LogP contribution in [0.15, 0.2) is 42.5 Å². The lowest BCUT2D eigenvalue weighted by Crippen LogP contribution is -2.55. The van der Waals surface area contributed by atoms with Crippen molar-refractivity contribution in [3.05, 3.63) is 65.0 Å². The van der Waals surface area contributed by atoms with Crippen LogP contribution >= 0.6 is 12.2 Å². The molecule has 1 saturated carbocycles. The van der Waals surface area contributed by atoms with Crippen LogP contribution in [0.2, 0.25) is 0 Å². The zero-order chi connectivity index (χ0) is 24.0. The molecule has 1 amide bonds. The number of benzene rings is 2. The second-order valence-corrected chi connectivity index (χ2v) is 8.24. The first-order valence-electron chi connectivity index (χ1n) is 10.1. The highest BCUT2D eigenvalue weighted by atomic mass is 32.1. The molecule has 0 bridgehead atoms. The summed E-state index contributed by atoms with van der Waals surface area (Å²) in [6.07, 6.45) is -2.85. The van der Waals surface area contributed by atoms with E-state index in [-0.39, 0.29) is 29.1 Å².